The van der Waals surface area contributed by atoms with Crippen LogP contribution in [0.1, 0.15) is 59.8 Å². The summed E-state index contributed by atoms with van der Waals surface area (Å²) in [6.45, 7) is 18.8. The molecule has 0 aromatic heterocycles. The number of piperazine rings is 1. The zero-order valence-corrected chi connectivity index (χ0v) is 16.1. The van der Waals surface area contributed by atoms with E-state index in [2.05, 4.69) is 42.4 Å². The topological polar surface area (TPSA) is 9.72 Å². The van der Waals surface area contributed by atoms with Crippen LogP contribution in [-0.4, -0.2) is 72.6 Å². The number of rotatable bonds is 5. The van der Waals surface area contributed by atoms with Crippen molar-refractivity contribution in [3.05, 3.63) is 0 Å². The molecule has 2 heterocycles. The minimum atomic E-state index is 0.659. The van der Waals surface area contributed by atoms with Crippen LogP contribution in [0.25, 0.3) is 0 Å². The van der Waals surface area contributed by atoms with Crippen molar-refractivity contribution in [2.24, 2.45) is 11.3 Å². The molecule has 0 aromatic carbocycles. The Labute approximate surface area is 144 Å². The number of piperidine rings is 1. The van der Waals surface area contributed by atoms with Gasteiger partial charge in [-0.25, -0.2) is 0 Å². The Bertz CT molecular complexity index is 359. The molecule has 0 spiro atoms. The van der Waals surface area contributed by atoms with Crippen molar-refractivity contribution in [2.45, 2.75) is 71.9 Å². The highest BCUT2D eigenvalue weighted by Gasteiger charge is 2.42. The first kappa shape index (κ1) is 17.7. The van der Waals surface area contributed by atoms with Gasteiger partial charge in [0.2, 0.25) is 0 Å². The summed E-state index contributed by atoms with van der Waals surface area (Å²) in [6.07, 6.45) is 7.07. The van der Waals surface area contributed by atoms with Crippen molar-refractivity contribution in [3.63, 3.8) is 0 Å². The molecule has 3 heteroatoms. The lowest BCUT2D eigenvalue weighted by Crippen LogP contribution is -2.57. The molecule has 0 aromatic rings. The van der Waals surface area contributed by atoms with Crippen molar-refractivity contribution in [3.8, 4) is 0 Å². The lowest BCUT2D eigenvalue weighted by Gasteiger charge is -2.52. The second-order valence-electron chi connectivity index (χ2n) is 9.14. The summed E-state index contributed by atoms with van der Waals surface area (Å²) in [5.74, 6) is 0.948. The molecule has 1 saturated carbocycles. The Balaban J connectivity index is 1.34. The summed E-state index contributed by atoms with van der Waals surface area (Å²) in [4.78, 5) is 8.19. The van der Waals surface area contributed by atoms with Gasteiger partial charge in [-0.05, 0) is 64.0 Å². The van der Waals surface area contributed by atoms with E-state index in [-0.39, 0.29) is 0 Å². The third kappa shape index (κ3) is 4.29. The molecule has 134 valence electrons. The molecule has 0 amide bonds. The maximum absolute atomic E-state index is 2.79. The fourth-order valence-corrected chi connectivity index (χ4v) is 4.95. The van der Waals surface area contributed by atoms with Gasteiger partial charge in [-0.2, -0.15) is 0 Å². The van der Waals surface area contributed by atoms with Gasteiger partial charge in [0.1, 0.15) is 0 Å². The van der Waals surface area contributed by atoms with E-state index in [0.29, 0.717) is 5.41 Å². The molecule has 0 atom stereocenters. The van der Waals surface area contributed by atoms with Gasteiger partial charge < -0.3 is 9.80 Å². The van der Waals surface area contributed by atoms with Gasteiger partial charge in [-0.15, -0.1) is 0 Å². The van der Waals surface area contributed by atoms with Crippen molar-refractivity contribution in [1.82, 2.24) is 14.7 Å². The highest BCUT2D eigenvalue weighted by Crippen LogP contribution is 2.45. The third-order valence-corrected chi connectivity index (χ3v) is 7.13. The van der Waals surface area contributed by atoms with E-state index in [1.807, 2.05) is 0 Å². The lowest BCUT2D eigenvalue weighted by atomic mass is 9.64. The average molecular weight is 322 g/mol. The van der Waals surface area contributed by atoms with Crippen molar-refractivity contribution < 1.29 is 0 Å². The van der Waals surface area contributed by atoms with E-state index in [4.69, 9.17) is 0 Å². The number of nitrogens with zero attached hydrogens (tertiary/aromatic N) is 3. The zero-order valence-electron chi connectivity index (χ0n) is 16.1. The first-order valence-corrected chi connectivity index (χ1v) is 10.2. The largest absolute Gasteiger partial charge is 0.301 e. The smallest absolute Gasteiger partial charge is 0.0113 e. The van der Waals surface area contributed by atoms with Crippen molar-refractivity contribution >= 4 is 0 Å². The van der Waals surface area contributed by atoms with Crippen LogP contribution in [0.3, 0.4) is 0 Å². The molecule has 0 radical (unpaired) electrons. The minimum absolute atomic E-state index is 0.659. The van der Waals surface area contributed by atoms with E-state index in [1.165, 1.54) is 77.9 Å². The normalized spacial score (nSPS) is 35.6. The van der Waals surface area contributed by atoms with Crippen LogP contribution < -0.4 is 0 Å². The third-order valence-electron chi connectivity index (χ3n) is 7.13. The fourth-order valence-electron chi connectivity index (χ4n) is 4.95. The van der Waals surface area contributed by atoms with E-state index in [9.17, 15) is 0 Å². The average Bonchev–Trinajstić information content (AvgIpc) is 2.53. The molecular weight excluding hydrogens is 282 g/mol. The Hall–Kier alpha value is -0.120. The van der Waals surface area contributed by atoms with Crippen LogP contribution in [0.2, 0.25) is 0 Å². The maximum atomic E-state index is 2.79. The Morgan fingerprint density at radius 2 is 1.57 bits per heavy atom. The van der Waals surface area contributed by atoms with Gasteiger partial charge in [0.05, 0.1) is 0 Å². The van der Waals surface area contributed by atoms with Crippen LogP contribution in [0, 0.1) is 11.3 Å². The predicted octanol–water partition coefficient (Wildman–Crippen LogP) is 3.30. The lowest BCUT2D eigenvalue weighted by molar-refractivity contribution is -0.0175. The molecule has 0 N–H and O–H groups in total. The Morgan fingerprint density at radius 3 is 2.09 bits per heavy atom. The van der Waals surface area contributed by atoms with Crippen LogP contribution in [0.4, 0.5) is 0 Å². The zero-order chi connectivity index (χ0) is 16.4. The number of hydrogen-bond acceptors (Lipinski definition) is 3. The summed E-state index contributed by atoms with van der Waals surface area (Å²) < 4.78 is 0. The predicted molar refractivity (Wildman–Crippen MR) is 98.9 cm³/mol. The van der Waals surface area contributed by atoms with Crippen molar-refractivity contribution in [1.29, 1.82) is 0 Å². The Kier molecular flexibility index (Phi) is 5.70. The molecule has 23 heavy (non-hydrogen) atoms. The van der Waals surface area contributed by atoms with Gasteiger partial charge >= 0.3 is 0 Å². The first-order valence-electron chi connectivity index (χ1n) is 10.2. The van der Waals surface area contributed by atoms with Crippen LogP contribution >= 0.6 is 0 Å². The maximum Gasteiger partial charge on any atom is 0.0113 e. The molecule has 0 unspecified atom stereocenters. The minimum Gasteiger partial charge on any atom is -0.301 e. The first-order chi connectivity index (χ1) is 11.0. The van der Waals surface area contributed by atoms with E-state index in [1.54, 1.807) is 0 Å². The molecule has 3 aliphatic rings. The second kappa shape index (κ2) is 7.41. The van der Waals surface area contributed by atoms with E-state index in [0.717, 1.165) is 18.0 Å². The highest BCUT2D eigenvalue weighted by molar-refractivity contribution is 4.96. The second-order valence-corrected chi connectivity index (χ2v) is 9.14. The number of hydrogen-bond donors (Lipinski definition) is 0. The fraction of sp³-hybridized carbons (Fsp3) is 1.00. The van der Waals surface area contributed by atoms with Gasteiger partial charge in [-0.1, -0.05) is 20.3 Å². The summed E-state index contributed by atoms with van der Waals surface area (Å²) in [7, 11) is 0. The molecule has 3 fully saturated rings. The summed E-state index contributed by atoms with van der Waals surface area (Å²) in [5.41, 5.74) is 0.659. The molecule has 0 bridgehead atoms. The molecule has 1 aliphatic carbocycles. The summed E-state index contributed by atoms with van der Waals surface area (Å²) in [5, 5.41) is 0. The van der Waals surface area contributed by atoms with Gasteiger partial charge in [-0.3, -0.25) is 4.90 Å². The molecule has 2 saturated heterocycles. The van der Waals surface area contributed by atoms with E-state index < -0.39 is 0 Å². The number of likely N-dealkylation sites (tertiary alicyclic amines) is 1. The SMILES string of the molecule is CCC1(C)CC(N2CCN(CC3CCN(C(C)C)CC3)CC2)C1. The Morgan fingerprint density at radius 1 is 0.957 bits per heavy atom. The van der Waals surface area contributed by atoms with Crippen molar-refractivity contribution in [2.75, 3.05) is 45.8 Å². The van der Waals surface area contributed by atoms with Gasteiger partial charge in [0.25, 0.3) is 0 Å². The van der Waals surface area contributed by atoms with Crippen LogP contribution in [0.5, 0.6) is 0 Å². The molecule has 3 nitrogen and oxygen atoms in total. The van der Waals surface area contributed by atoms with Crippen LogP contribution in [-0.2, 0) is 0 Å². The van der Waals surface area contributed by atoms with Crippen LogP contribution in [0.15, 0.2) is 0 Å². The summed E-state index contributed by atoms with van der Waals surface area (Å²) in [6, 6.07) is 1.63. The van der Waals surface area contributed by atoms with Gasteiger partial charge in [0, 0.05) is 44.8 Å². The molecule has 3 rings (SSSR count). The summed E-state index contributed by atoms with van der Waals surface area (Å²) >= 11 is 0. The van der Waals surface area contributed by atoms with E-state index >= 15 is 0 Å². The molecular formula is C20H39N3. The van der Waals surface area contributed by atoms with Gasteiger partial charge in [0.15, 0.2) is 0 Å². The quantitative estimate of drug-likeness (QED) is 0.769. The highest BCUT2D eigenvalue weighted by atomic mass is 15.3. The molecule has 2 aliphatic heterocycles. The standard InChI is InChI=1S/C20H39N3/c1-5-20(4)14-19(15-20)23-12-10-21(11-13-23)16-18-6-8-22(9-7-18)17(2)3/h17-19H,5-16H2,1-4H3. The monoisotopic (exact) mass is 321 g/mol.